The number of urea groups is 1. The molecule has 0 aromatic heterocycles. The van der Waals surface area contributed by atoms with Crippen molar-refractivity contribution in [1.82, 2.24) is 4.90 Å². The normalized spacial score (nSPS) is 14.8. The molecule has 0 spiro atoms. The number of likely N-dealkylation sites (tertiary alicyclic amines) is 1. The second-order valence-corrected chi connectivity index (χ2v) is 4.87. The lowest BCUT2D eigenvalue weighted by Gasteiger charge is -2.18. The van der Waals surface area contributed by atoms with Crippen LogP contribution in [-0.4, -0.2) is 37.1 Å². The van der Waals surface area contributed by atoms with Crippen molar-refractivity contribution in [3.05, 3.63) is 29.3 Å². The fraction of sp³-hybridized carbons (Fsp3) is 0.429. The Balaban J connectivity index is 2.32. The van der Waals surface area contributed by atoms with Crippen molar-refractivity contribution in [3.8, 4) is 0 Å². The van der Waals surface area contributed by atoms with Gasteiger partial charge in [-0.2, -0.15) is 13.2 Å². The molecule has 1 aliphatic heterocycles. The van der Waals surface area contributed by atoms with E-state index < -0.39 is 23.7 Å². The molecule has 2 amide bonds. The topological polar surface area (TPSA) is 58.6 Å². The zero-order valence-electron chi connectivity index (χ0n) is 11.9. The van der Waals surface area contributed by atoms with Crippen molar-refractivity contribution in [3.63, 3.8) is 0 Å². The summed E-state index contributed by atoms with van der Waals surface area (Å²) in [5.74, 6) is -0.814. The first-order chi connectivity index (χ1) is 10.3. The van der Waals surface area contributed by atoms with Gasteiger partial charge in [-0.15, -0.1) is 0 Å². The molecule has 0 aliphatic carbocycles. The van der Waals surface area contributed by atoms with Crippen LogP contribution in [0.5, 0.6) is 0 Å². The molecule has 1 heterocycles. The maximum atomic E-state index is 12.8. The zero-order valence-corrected chi connectivity index (χ0v) is 11.9. The predicted molar refractivity (Wildman–Crippen MR) is 72.6 cm³/mol. The first-order valence-electron chi connectivity index (χ1n) is 6.68. The third-order valence-electron chi connectivity index (χ3n) is 3.39. The number of nitrogens with zero attached hydrogens (tertiary/aromatic N) is 1. The van der Waals surface area contributed by atoms with Crippen LogP contribution in [0.15, 0.2) is 18.2 Å². The summed E-state index contributed by atoms with van der Waals surface area (Å²) >= 11 is 0. The summed E-state index contributed by atoms with van der Waals surface area (Å²) in [6.45, 7) is 1.08. The molecular formula is C14H15F3N2O3. The molecule has 2 rings (SSSR count). The highest BCUT2D eigenvalue weighted by molar-refractivity contribution is 6.01. The Hall–Kier alpha value is -2.25. The van der Waals surface area contributed by atoms with Crippen molar-refractivity contribution >= 4 is 17.7 Å². The number of ether oxygens (including phenoxy) is 1. The minimum absolute atomic E-state index is 0.122. The van der Waals surface area contributed by atoms with E-state index in [9.17, 15) is 22.8 Å². The number of nitrogens with one attached hydrogen (secondary N) is 1. The molecule has 1 aromatic carbocycles. The van der Waals surface area contributed by atoms with Gasteiger partial charge in [-0.1, -0.05) is 0 Å². The highest BCUT2D eigenvalue weighted by Gasteiger charge is 2.32. The second-order valence-electron chi connectivity index (χ2n) is 4.87. The Morgan fingerprint density at radius 2 is 1.86 bits per heavy atom. The molecule has 1 N–H and O–H groups in total. The van der Waals surface area contributed by atoms with Crippen molar-refractivity contribution in [1.29, 1.82) is 0 Å². The Bertz CT molecular complexity index is 581. The van der Waals surface area contributed by atoms with Crippen LogP contribution >= 0.6 is 0 Å². The highest BCUT2D eigenvalue weighted by Crippen LogP contribution is 2.32. The van der Waals surface area contributed by atoms with Crippen LogP contribution < -0.4 is 5.32 Å². The van der Waals surface area contributed by atoms with Gasteiger partial charge in [0.15, 0.2) is 0 Å². The fourth-order valence-corrected chi connectivity index (χ4v) is 2.23. The van der Waals surface area contributed by atoms with Gasteiger partial charge >= 0.3 is 18.2 Å². The van der Waals surface area contributed by atoms with Gasteiger partial charge in [-0.05, 0) is 31.0 Å². The third-order valence-corrected chi connectivity index (χ3v) is 3.39. The van der Waals surface area contributed by atoms with E-state index in [1.165, 1.54) is 4.90 Å². The standard InChI is InChI=1S/C14H15F3N2O3/c1-22-12(20)10-5-4-9(14(15,16)17)8-11(10)18-13(21)19-6-2-3-7-19/h4-5,8H,2-3,6-7H2,1H3,(H,18,21). The van der Waals surface area contributed by atoms with E-state index in [2.05, 4.69) is 10.1 Å². The zero-order chi connectivity index (χ0) is 16.3. The van der Waals surface area contributed by atoms with Crippen LogP contribution in [0.25, 0.3) is 0 Å². The van der Waals surface area contributed by atoms with Crippen molar-refractivity contribution in [2.75, 3.05) is 25.5 Å². The summed E-state index contributed by atoms with van der Waals surface area (Å²) in [7, 11) is 1.12. The lowest BCUT2D eigenvalue weighted by atomic mass is 10.1. The van der Waals surface area contributed by atoms with Crippen LogP contribution in [0, 0.1) is 0 Å². The molecule has 0 radical (unpaired) electrons. The number of benzene rings is 1. The first kappa shape index (κ1) is 16.1. The van der Waals surface area contributed by atoms with E-state index in [4.69, 9.17) is 0 Å². The largest absolute Gasteiger partial charge is 0.465 e. The van der Waals surface area contributed by atoms with E-state index in [1.54, 1.807) is 0 Å². The fourth-order valence-electron chi connectivity index (χ4n) is 2.23. The van der Waals surface area contributed by atoms with Gasteiger partial charge in [0.25, 0.3) is 0 Å². The Kier molecular flexibility index (Phi) is 4.58. The average Bonchev–Trinajstić information content (AvgIpc) is 2.99. The van der Waals surface area contributed by atoms with Gasteiger partial charge in [-0.3, -0.25) is 0 Å². The van der Waals surface area contributed by atoms with Gasteiger partial charge in [0, 0.05) is 13.1 Å². The first-order valence-corrected chi connectivity index (χ1v) is 6.68. The van der Waals surface area contributed by atoms with E-state index in [-0.39, 0.29) is 11.3 Å². The molecule has 1 aliphatic rings. The van der Waals surface area contributed by atoms with Gasteiger partial charge < -0.3 is 15.0 Å². The van der Waals surface area contributed by atoms with E-state index >= 15 is 0 Å². The number of rotatable bonds is 2. The minimum Gasteiger partial charge on any atom is -0.465 e. The van der Waals surface area contributed by atoms with E-state index in [0.29, 0.717) is 13.1 Å². The number of esters is 1. The molecule has 0 unspecified atom stereocenters. The molecule has 0 saturated carbocycles. The summed E-state index contributed by atoms with van der Waals surface area (Å²) in [6, 6.07) is 1.98. The molecule has 1 fully saturated rings. The lowest BCUT2D eigenvalue weighted by molar-refractivity contribution is -0.137. The lowest BCUT2D eigenvalue weighted by Crippen LogP contribution is -2.32. The molecule has 8 heteroatoms. The second kappa shape index (κ2) is 6.25. The molecule has 1 aromatic rings. The molecule has 120 valence electrons. The molecule has 1 saturated heterocycles. The van der Waals surface area contributed by atoms with Gasteiger partial charge in [0.1, 0.15) is 0 Å². The van der Waals surface area contributed by atoms with Gasteiger partial charge in [-0.25, -0.2) is 9.59 Å². The van der Waals surface area contributed by atoms with E-state index in [0.717, 1.165) is 38.2 Å². The smallest absolute Gasteiger partial charge is 0.416 e. The van der Waals surface area contributed by atoms with Crippen LogP contribution in [0.4, 0.5) is 23.7 Å². The van der Waals surface area contributed by atoms with Gasteiger partial charge in [0.05, 0.1) is 23.9 Å². The quantitative estimate of drug-likeness (QED) is 0.853. The number of hydrogen-bond donors (Lipinski definition) is 1. The van der Waals surface area contributed by atoms with Crippen LogP contribution in [-0.2, 0) is 10.9 Å². The predicted octanol–water partition coefficient (Wildman–Crippen LogP) is 3.12. The number of carbonyl (C=O) groups is 2. The summed E-state index contributed by atoms with van der Waals surface area (Å²) in [4.78, 5) is 25.1. The third kappa shape index (κ3) is 3.49. The monoisotopic (exact) mass is 316 g/mol. The molecule has 5 nitrogen and oxygen atoms in total. The molecule has 22 heavy (non-hydrogen) atoms. The minimum atomic E-state index is -4.57. The van der Waals surface area contributed by atoms with Crippen molar-refractivity contribution in [2.45, 2.75) is 19.0 Å². The maximum Gasteiger partial charge on any atom is 0.416 e. The molecular weight excluding hydrogens is 301 g/mol. The number of carbonyl (C=O) groups excluding carboxylic acids is 2. The Morgan fingerprint density at radius 1 is 1.23 bits per heavy atom. The van der Waals surface area contributed by atoms with Gasteiger partial charge in [0.2, 0.25) is 0 Å². The van der Waals surface area contributed by atoms with Crippen LogP contribution in [0.2, 0.25) is 0 Å². The Morgan fingerprint density at radius 3 is 2.41 bits per heavy atom. The van der Waals surface area contributed by atoms with Crippen molar-refractivity contribution < 1.29 is 27.5 Å². The summed E-state index contributed by atoms with van der Waals surface area (Å²) in [6.07, 6.45) is -2.87. The summed E-state index contributed by atoms with van der Waals surface area (Å²) in [5, 5.41) is 2.37. The number of amides is 2. The Labute approximate surface area is 125 Å². The number of anilines is 1. The number of halogens is 3. The van der Waals surface area contributed by atoms with Crippen LogP contribution in [0.3, 0.4) is 0 Å². The number of hydrogen-bond acceptors (Lipinski definition) is 3. The van der Waals surface area contributed by atoms with Crippen molar-refractivity contribution in [2.24, 2.45) is 0 Å². The maximum absolute atomic E-state index is 12.8. The highest BCUT2D eigenvalue weighted by atomic mass is 19.4. The van der Waals surface area contributed by atoms with Crippen LogP contribution in [0.1, 0.15) is 28.8 Å². The number of alkyl halides is 3. The SMILES string of the molecule is COC(=O)c1ccc(C(F)(F)F)cc1NC(=O)N1CCCC1. The molecule has 0 bridgehead atoms. The molecule has 0 atom stereocenters. The van der Waals surface area contributed by atoms with E-state index in [1.807, 2.05) is 0 Å². The average molecular weight is 316 g/mol. The summed E-state index contributed by atoms with van der Waals surface area (Å²) in [5.41, 5.74) is -1.28. The summed E-state index contributed by atoms with van der Waals surface area (Å²) < 4.78 is 42.9. The number of methoxy groups -OCH3 is 1.